The van der Waals surface area contributed by atoms with Gasteiger partial charge in [-0.2, -0.15) is 5.10 Å². The summed E-state index contributed by atoms with van der Waals surface area (Å²) in [5.41, 5.74) is 1.89. The van der Waals surface area contributed by atoms with Crippen LogP contribution in [0.1, 0.15) is 42.7 Å². The third-order valence-corrected chi connectivity index (χ3v) is 4.15. The third kappa shape index (κ3) is 2.62. The smallest absolute Gasteiger partial charge is 0.341 e. The number of esters is 1. The van der Waals surface area contributed by atoms with Gasteiger partial charge >= 0.3 is 5.97 Å². The summed E-state index contributed by atoms with van der Waals surface area (Å²) in [6, 6.07) is 0. The van der Waals surface area contributed by atoms with Crippen LogP contribution in [0, 0.1) is 5.92 Å². The normalized spacial score (nSPS) is 14.6. The molecule has 0 unspecified atom stereocenters. The number of fused-ring (bicyclic) bond motifs is 1. The second-order valence-electron chi connectivity index (χ2n) is 5.31. The van der Waals surface area contributed by atoms with Gasteiger partial charge in [0.2, 0.25) is 0 Å². The van der Waals surface area contributed by atoms with Crippen LogP contribution in [-0.2, 0) is 17.7 Å². The fourth-order valence-electron chi connectivity index (χ4n) is 2.48. The predicted molar refractivity (Wildman–Crippen MR) is 80.6 cm³/mol. The van der Waals surface area contributed by atoms with Crippen LogP contribution in [-0.4, -0.2) is 27.3 Å². The van der Waals surface area contributed by atoms with Crippen molar-refractivity contribution < 1.29 is 9.53 Å². The van der Waals surface area contributed by atoms with Crippen LogP contribution >= 0.6 is 11.6 Å². The van der Waals surface area contributed by atoms with E-state index in [0.717, 1.165) is 17.8 Å². The highest BCUT2D eigenvalue weighted by atomic mass is 35.5. The lowest BCUT2D eigenvalue weighted by atomic mass is 10.1. The van der Waals surface area contributed by atoms with Crippen LogP contribution in [0.4, 0.5) is 0 Å². The number of rotatable bonds is 5. The van der Waals surface area contributed by atoms with Crippen molar-refractivity contribution in [2.75, 3.05) is 6.61 Å². The lowest BCUT2D eigenvalue weighted by Crippen LogP contribution is -2.12. The molecule has 0 aliphatic heterocycles. The van der Waals surface area contributed by atoms with Crippen LogP contribution in [0.3, 0.4) is 0 Å². The van der Waals surface area contributed by atoms with Gasteiger partial charge in [0.05, 0.1) is 28.9 Å². The quantitative estimate of drug-likeness (QED) is 0.796. The average Bonchev–Trinajstić information content (AvgIpc) is 3.16. The van der Waals surface area contributed by atoms with E-state index in [1.54, 1.807) is 17.8 Å². The molecule has 2 aromatic heterocycles. The summed E-state index contributed by atoms with van der Waals surface area (Å²) in [6.07, 6.45) is 4.82. The van der Waals surface area contributed by atoms with Crippen molar-refractivity contribution in [3.8, 4) is 0 Å². The lowest BCUT2D eigenvalue weighted by Gasteiger charge is -2.11. The summed E-state index contributed by atoms with van der Waals surface area (Å²) in [6.45, 7) is 4.83. The molecular formula is C15H18ClN3O2. The summed E-state index contributed by atoms with van der Waals surface area (Å²) in [5, 5.41) is 5.39. The first-order chi connectivity index (χ1) is 10.2. The second-order valence-corrected chi connectivity index (χ2v) is 5.69. The number of halogens is 1. The van der Waals surface area contributed by atoms with Crippen LogP contribution in [0.15, 0.2) is 6.20 Å². The first kappa shape index (κ1) is 14.3. The Morgan fingerprint density at radius 2 is 2.24 bits per heavy atom. The minimum atomic E-state index is -0.392. The standard InChI is InChI=1S/C15H18ClN3O2/c1-3-19-14-10(8-17-19)13(16)12(15(20)21-4-2)11(18-14)7-9-5-6-9/h8-9H,3-7H2,1-2H3. The minimum Gasteiger partial charge on any atom is -0.462 e. The monoisotopic (exact) mass is 307 g/mol. The molecule has 0 spiro atoms. The zero-order chi connectivity index (χ0) is 15.0. The lowest BCUT2D eigenvalue weighted by molar-refractivity contribution is 0.0525. The van der Waals surface area contributed by atoms with E-state index in [1.165, 1.54) is 12.8 Å². The van der Waals surface area contributed by atoms with E-state index < -0.39 is 5.97 Å². The molecule has 0 aromatic carbocycles. The highest BCUT2D eigenvalue weighted by molar-refractivity contribution is 6.38. The van der Waals surface area contributed by atoms with Gasteiger partial charge in [0.15, 0.2) is 5.65 Å². The molecule has 112 valence electrons. The summed E-state index contributed by atoms with van der Waals surface area (Å²) < 4.78 is 6.94. The van der Waals surface area contributed by atoms with E-state index in [0.29, 0.717) is 35.0 Å². The first-order valence-corrected chi connectivity index (χ1v) is 7.74. The number of carbonyl (C=O) groups is 1. The molecule has 0 N–H and O–H groups in total. The van der Waals surface area contributed by atoms with Crippen LogP contribution in [0.2, 0.25) is 5.02 Å². The summed E-state index contributed by atoms with van der Waals surface area (Å²) >= 11 is 6.46. The molecular weight excluding hydrogens is 290 g/mol. The molecule has 2 aromatic rings. The Bertz CT molecular complexity index is 692. The number of aryl methyl sites for hydroxylation is 1. The van der Waals surface area contributed by atoms with Crippen LogP contribution in [0.5, 0.6) is 0 Å². The van der Waals surface area contributed by atoms with Gasteiger partial charge in [0.25, 0.3) is 0 Å². The Morgan fingerprint density at radius 1 is 1.48 bits per heavy atom. The van der Waals surface area contributed by atoms with Gasteiger partial charge in [-0.05, 0) is 39.0 Å². The highest BCUT2D eigenvalue weighted by Gasteiger charge is 2.28. The Labute approximate surface area is 128 Å². The number of ether oxygens (including phenoxy) is 1. The van der Waals surface area contributed by atoms with E-state index >= 15 is 0 Å². The predicted octanol–water partition coefficient (Wildman–Crippen LogP) is 3.23. The zero-order valence-corrected chi connectivity index (χ0v) is 13.0. The highest BCUT2D eigenvalue weighted by Crippen LogP contribution is 2.36. The Balaban J connectivity index is 2.16. The zero-order valence-electron chi connectivity index (χ0n) is 12.2. The van der Waals surface area contributed by atoms with Gasteiger partial charge in [-0.3, -0.25) is 0 Å². The maximum absolute atomic E-state index is 12.2. The minimum absolute atomic E-state index is 0.324. The third-order valence-electron chi connectivity index (χ3n) is 3.76. The molecule has 1 fully saturated rings. The number of hydrogen-bond donors (Lipinski definition) is 0. The molecule has 1 aliphatic rings. The number of hydrogen-bond acceptors (Lipinski definition) is 4. The van der Waals surface area contributed by atoms with Crippen LogP contribution in [0.25, 0.3) is 11.0 Å². The average molecular weight is 308 g/mol. The van der Waals surface area contributed by atoms with Crippen molar-refractivity contribution in [3.63, 3.8) is 0 Å². The summed E-state index contributed by atoms with van der Waals surface area (Å²) in [4.78, 5) is 16.9. The molecule has 1 saturated carbocycles. The van der Waals surface area contributed by atoms with Crippen molar-refractivity contribution in [3.05, 3.63) is 22.5 Å². The molecule has 0 bridgehead atoms. The molecule has 5 nitrogen and oxygen atoms in total. The molecule has 3 rings (SSSR count). The second kappa shape index (κ2) is 5.64. The Morgan fingerprint density at radius 3 is 2.86 bits per heavy atom. The van der Waals surface area contributed by atoms with Gasteiger partial charge in [0.1, 0.15) is 5.56 Å². The van der Waals surface area contributed by atoms with Crippen molar-refractivity contribution in [2.45, 2.75) is 39.7 Å². The van der Waals surface area contributed by atoms with E-state index in [4.69, 9.17) is 16.3 Å². The summed E-state index contributed by atoms with van der Waals surface area (Å²) in [5.74, 6) is 0.217. The van der Waals surface area contributed by atoms with E-state index in [2.05, 4.69) is 10.1 Å². The molecule has 0 saturated heterocycles. The molecule has 1 aliphatic carbocycles. The topological polar surface area (TPSA) is 57.0 Å². The number of aromatic nitrogens is 3. The maximum atomic E-state index is 12.2. The number of nitrogens with zero attached hydrogens (tertiary/aromatic N) is 3. The summed E-state index contributed by atoms with van der Waals surface area (Å²) in [7, 11) is 0. The Hall–Kier alpha value is -1.62. The van der Waals surface area contributed by atoms with Crippen molar-refractivity contribution in [2.24, 2.45) is 5.92 Å². The van der Waals surface area contributed by atoms with Gasteiger partial charge in [0, 0.05) is 6.54 Å². The molecule has 0 atom stereocenters. The van der Waals surface area contributed by atoms with Gasteiger partial charge < -0.3 is 4.74 Å². The molecule has 0 radical (unpaired) electrons. The van der Waals surface area contributed by atoms with E-state index in [9.17, 15) is 4.79 Å². The molecule has 2 heterocycles. The van der Waals surface area contributed by atoms with Crippen LogP contribution < -0.4 is 0 Å². The van der Waals surface area contributed by atoms with Gasteiger partial charge in [-0.1, -0.05) is 11.6 Å². The number of pyridine rings is 1. The van der Waals surface area contributed by atoms with Crippen molar-refractivity contribution >= 4 is 28.6 Å². The Kier molecular flexibility index (Phi) is 3.85. The maximum Gasteiger partial charge on any atom is 0.341 e. The fraction of sp³-hybridized carbons (Fsp3) is 0.533. The van der Waals surface area contributed by atoms with Crippen molar-refractivity contribution in [1.82, 2.24) is 14.8 Å². The molecule has 21 heavy (non-hydrogen) atoms. The largest absolute Gasteiger partial charge is 0.462 e. The molecule has 6 heteroatoms. The SMILES string of the molecule is CCOC(=O)c1c(CC2CC2)nc2c(cnn2CC)c1Cl. The van der Waals surface area contributed by atoms with E-state index in [1.807, 2.05) is 6.92 Å². The van der Waals surface area contributed by atoms with Gasteiger partial charge in [-0.15, -0.1) is 0 Å². The molecule has 0 amide bonds. The first-order valence-electron chi connectivity index (χ1n) is 7.36. The van der Waals surface area contributed by atoms with Gasteiger partial charge in [-0.25, -0.2) is 14.5 Å². The van der Waals surface area contributed by atoms with E-state index in [-0.39, 0.29) is 0 Å². The fourth-order valence-corrected chi connectivity index (χ4v) is 2.80. The van der Waals surface area contributed by atoms with Crippen molar-refractivity contribution in [1.29, 1.82) is 0 Å². The number of carbonyl (C=O) groups excluding carboxylic acids is 1.